The highest BCUT2D eigenvalue weighted by Gasteiger charge is 2.21. The van der Waals surface area contributed by atoms with Gasteiger partial charge in [0.15, 0.2) is 11.5 Å². The Kier molecular flexibility index (Phi) is 5.65. The van der Waals surface area contributed by atoms with Gasteiger partial charge in [-0.15, -0.1) is 10.2 Å². The first-order chi connectivity index (χ1) is 12.6. The van der Waals surface area contributed by atoms with Gasteiger partial charge in [-0.1, -0.05) is 12.1 Å². The summed E-state index contributed by atoms with van der Waals surface area (Å²) in [5.41, 5.74) is 1.00. The lowest BCUT2D eigenvalue weighted by Crippen LogP contribution is -2.47. The molecule has 1 aromatic heterocycles. The molecule has 2 aromatic rings. The summed E-state index contributed by atoms with van der Waals surface area (Å²) < 4.78 is 13.9. The molecule has 1 aliphatic heterocycles. The third-order valence-corrected chi connectivity index (χ3v) is 4.72. The van der Waals surface area contributed by atoms with Crippen LogP contribution in [0.2, 0.25) is 0 Å². The molecule has 0 saturated carbocycles. The van der Waals surface area contributed by atoms with E-state index < -0.39 is 0 Å². The van der Waals surface area contributed by atoms with E-state index in [0.29, 0.717) is 37.6 Å². The van der Waals surface area contributed by atoms with Crippen molar-refractivity contribution in [1.82, 2.24) is 15.1 Å². The molecule has 3 rings (SSSR count). The number of amides is 1. The van der Waals surface area contributed by atoms with Crippen molar-refractivity contribution in [2.24, 2.45) is 0 Å². The van der Waals surface area contributed by atoms with E-state index in [1.54, 1.807) is 23.1 Å². The Bertz CT molecular complexity index is 740. The van der Waals surface area contributed by atoms with Gasteiger partial charge in [-0.25, -0.2) is 4.39 Å². The van der Waals surface area contributed by atoms with E-state index in [1.165, 1.54) is 6.07 Å². The molecule has 0 bridgehead atoms. The zero-order valence-corrected chi connectivity index (χ0v) is 15.2. The van der Waals surface area contributed by atoms with E-state index in [0.717, 1.165) is 18.9 Å². The Morgan fingerprint density at radius 3 is 2.23 bits per heavy atom. The highest BCUT2D eigenvalue weighted by Crippen LogP contribution is 2.21. The van der Waals surface area contributed by atoms with Gasteiger partial charge in [-0.05, 0) is 38.1 Å². The Morgan fingerprint density at radius 1 is 1.00 bits per heavy atom. The zero-order chi connectivity index (χ0) is 18.5. The molecule has 1 fully saturated rings. The topological polar surface area (TPSA) is 52.6 Å². The maximum Gasteiger partial charge on any atom is 0.274 e. The van der Waals surface area contributed by atoms with Crippen molar-refractivity contribution in [3.8, 4) is 0 Å². The maximum absolute atomic E-state index is 13.9. The number of carbonyl (C=O) groups is 1. The van der Waals surface area contributed by atoms with Gasteiger partial charge in [0, 0.05) is 39.3 Å². The van der Waals surface area contributed by atoms with Gasteiger partial charge >= 0.3 is 0 Å². The summed E-state index contributed by atoms with van der Waals surface area (Å²) in [4.78, 5) is 18.2. The molecular weight excluding hydrogens is 333 g/mol. The molecule has 1 saturated heterocycles. The van der Waals surface area contributed by atoms with Gasteiger partial charge in [0.25, 0.3) is 5.91 Å². The van der Waals surface area contributed by atoms with Crippen molar-refractivity contribution in [3.63, 3.8) is 0 Å². The van der Waals surface area contributed by atoms with E-state index >= 15 is 0 Å². The average molecular weight is 357 g/mol. The summed E-state index contributed by atoms with van der Waals surface area (Å²) in [7, 11) is 0. The number of hydrogen-bond acceptors (Lipinski definition) is 5. The molecule has 1 amide bonds. The first-order valence-corrected chi connectivity index (χ1v) is 9.01. The summed E-state index contributed by atoms with van der Waals surface area (Å²) in [6.45, 7) is 8.06. The van der Waals surface area contributed by atoms with Gasteiger partial charge in [0.2, 0.25) is 0 Å². The van der Waals surface area contributed by atoms with Crippen molar-refractivity contribution in [3.05, 3.63) is 47.9 Å². The lowest BCUT2D eigenvalue weighted by molar-refractivity contribution is 0.0766. The minimum absolute atomic E-state index is 0.0987. The lowest BCUT2D eigenvalue weighted by Gasteiger charge is -2.36. The van der Waals surface area contributed by atoms with E-state index in [-0.39, 0.29) is 11.7 Å². The molecule has 1 aromatic carbocycles. The molecule has 7 heteroatoms. The number of piperazine rings is 1. The Balaban J connectivity index is 1.63. The molecule has 138 valence electrons. The van der Waals surface area contributed by atoms with Crippen LogP contribution in [-0.2, 0) is 0 Å². The number of benzene rings is 1. The van der Waals surface area contributed by atoms with E-state index in [4.69, 9.17) is 0 Å². The molecule has 26 heavy (non-hydrogen) atoms. The van der Waals surface area contributed by atoms with Crippen LogP contribution in [-0.4, -0.2) is 60.3 Å². The van der Waals surface area contributed by atoms with Crippen LogP contribution in [0.5, 0.6) is 0 Å². The molecule has 2 heterocycles. The number of anilines is 2. The van der Waals surface area contributed by atoms with Crippen molar-refractivity contribution in [1.29, 1.82) is 0 Å². The normalized spacial score (nSPS) is 14.4. The summed E-state index contributed by atoms with van der Waals surface area (Å²) in [5, 5.41) is 8.33. The number of aromatic nitrogens is 2. The molecule has 0 radical (unpaired) electrons. The number of rotatable bonds is 5. The minimum atomic E-state index is -0.194. The van der Waals surface area contributed by atoms with Crippen molar-refractivity contribution < 1.29 is 9.18 Å². The van der Waals surface area contributed by atoms with Crippen LogP contribution in [0, 0.1) is 5.82 Å². The standard InChI is InChI=1S/C19H24FN5O/c1-3-23(4-2)19(26)16-9-10-18(22-21-16)25-13-11-24(12-14-25)17-8-6-5-7-15(17)20/h5-10H,3-4,11-14H2,1-2H3. The molecule has 0 spiro atoms. The van der Waals surface area contributed by atoms with Crippen molar-refractivity contribution in [2.75, 3.05) is 49.1 Å². The molecule has 0 aliphatic carbocycles. The summed E-state index contributed by atoms with van der Waals surface area (Å²) >= 11 is 0. The van der Waals surface area contributed by atoms with E-state index in [9.17, 15) is 9.18 Å². The fourth-order valence-corrected chi connectivity index (χ4v) is 3.17. The Labute approximate surface area is 153 Å². The lowest BCUT2D eigenvalue weighted by atomic mass is 10.2. The predicted molar refractivity (Wildman–Crippen MR) is 100 cm³/mol. The van der Waals surface area contributed by atoms with Crippen LogP contribution in [0.3, 0.4) is 0 Å². The minimum Gasteiger partial charge on any atom is -0.366 e. The van der Waals surface area contributed by atoms with Crippen LogP contribution in [0.4, 0.5) is 15.9 Å². The highest BCUT2D eigenvalue weighted by atomic mass is 19.1. The summed E-state index contributed by atoms with van der Waals surface area (Å²) in [6, 6.07) is 10.4. The number of halogens is 1. The SMILES string of the molecule is CCN(CC)C(=O)c1ccc(N2CCN(c3ccccc3F)CC2)nn1. The Hall–Kier alpha value is -2.70. The van der Waals surface area contributed by atoms with Gasteiger partial charge < -0.3 is 14.7 Å². The average Bonchev–Trinajstić information content (AvgIpc) is 2.69. The van der Waals surface area contributed by atoms with E-state index in [1.807, 2.05) is 30.9 Å². The first-order valence-electron chi connectivity index (χ1n) is 9.01. The largest absolute Gasteiger partial charge is 0.366 e. The molecule has 0 unspecified atom stereocenters. The van der Waals surface area contributed by atoms with Gasteiger partial charge in [-0.2, -0.15) is 0 Å². The third-order valence-electron chi connectivity index (χ3n) is 4.72. The predicted octanol–water partition coefficient (Wildman–Crippen LogP) is 2.42. The fourth-order valence-electron chi connectivity index (χ4n) is 3.17. The van der Waals surface area contributed by atoms with Gasteiger partial charge in [-0.3, -0.25) is 4.79 Å². The molecule has 0 N–H and O–H groups in total. The van der Waals surface area contributed by atoms with Gasteiger partial charge in [0.1, 0.15) is 5.82 Å². The van der Waals surface area contributed by atoms with Crippen molar-refractivity contribution in [2.45, 2.75) is 13.8 Å². The monoisotopic (exact) mass is 357 g/mol. The molecular formula is C19H24FN5O. The summed E-state index contributed by atoms with van der Waals surface area (Å²) in [6.07, 6.45) is 0. The molecule has 1 aliphatic rings. The number of hydrogen-bond donors (Lipinski definition) is 0. The Morgan fingerprint density at radius 2 is 1.65 bits per heavy atom. The van der Waals surface area contributed by atoms with E-state index in [2.05, 4.69) is 15.1 Å². The highest BCUT2D eigenvalue weighted by molar-refractivity contribution is 5.92. The summed E-state index contributed by atoms with van der Waals surface area (Å²) in [5.74, 6) is 0.452. The smallest absolute Gasteiger partial charge is 0.274 e. The second kappa shape index (κ2) is 8.12. The van der Waals surface area contributed by atoms with Crippen LogP contribution in [0.15, 0.2) is 36.4 Å². The molecule has 0 atom stereocenters. The maximum atomic E-state index is 13.9. The zero-order valence-electron chi connectivity index (χ0n) is 15.2. The first kappa shape index (κ1) is 18.1. The number of nitrogens with zero attached hydrogens (tertiary/aromatic N) is 5. The number of para-hydroxylation sites is 1. The fraction of sp³-hybridized carbons (Fsp3) is 0.421. The van der Waals surface area contributed by atoms with Gasteiger partial charge in [0.05, 0.1) is 5.69 Å². The second-order valence-electron chi connectivity index (χ2n) is 6.18. The van der Waals surface area contributed by atoms with Crippen LogP contribution in [0.25, 0.3) is 0 Å². The van der Waals surface area contributed by atoms with Crippen molar-refractivity contribution >= 4 is 17.4 Å². The van der Waals surface area contributed by atoms with Crippen LogP contribution in [0.1, 0.15) is 24.3 Å². The molecule has 6 nitrogen and oxygen atoms in total. The quantitative estimate of drug-likeness (QED) is 0.823. The second-order valence-corrected chi connectivity index (χ2v) is 6.18. The van der Waals surface area contributed by atoms with Crippen LogP contribution < -0.4 is 9.80 Å². The third kappa shape index (κ3) is 3.76. The van der Waals surface area contributed by atoms with Crippen LogP contribution >= 0.6 is 0 Å². The number of carbonyl (C=O) groups excluding carboxylic acids is 1.